The molecule has 0 N–H and O–H groups in total. The lowest BCUT2D eigenvalue weighted by molar-refractivity contribution is -0.140. The summed E-state index contributed by atoms with van der Waals surface area (Å²) in [4.78, 5) is 10.9. The molecule has 0 atom stereocenters. The maximum absolute atomic E-state index is 10.9. The third-order valence-electron chi connectivity index (χ3n) is 3.88. The Morgan fingerprint density at radius 2 is 1.55 bits per heavy atom. The maximum Gasteiger partial charge on any atom is 0.305 e. The molecule has 0 aliphatic carbocycles. The number of carbonyl (C=O) groups is 1. The van der Waals surface area contributed by atoms with Crippen LogP contribution in [0.4, 0.5) is 0 Å². The molecule has 0 radical (unpaired) electrons. The molecule has 2 nitrogen and oxygen atoms in total. The summed E-state index contributed by atoms with van der Waals surface area (Å²) in [5.74, 6) is -0.0935. The van der Waals surface area contributed by atoms with Gasteiger partial charge >= 0.3 is 5.97 Å². The molecule has 0 saturated carbocycles. The first-order valence-electron chi connectivity index (χ1n) is 9.10. The van der Waals surface area contributed by atoms with Crippen LogP contribution in [0.3, 0.4) is 0 Å². The van der Waals surface area contributed by atoms with E-state index in [1.54, 1.807) is 0 Å². The second kappa shape index (κ2) is 16.3. The summed E-state index contributed by atoms with van der Waals surface area (Å²) in [6, 6.07) is 0. The molecule has 0 aliphatic heterocycles. The topological polar surface area (TPSA) is 26.3 Å². The van der Waals surface area contributed by atoms with E-state index in [2.05, 4.69) is 36.8 Å². The van der Waals surface area contributed by atoms with Gasteiger partial charge in [0.15, 0.2) is 0 Å². The zero-order chi connectivity index (χ0) is 16.5. The van der Waals surface area contributed by atoms with Gasteiger partial charge < -0.3 is 4.74 Å². The predicted molar refractivity (Wildman–Crippen MR) is 96.0 cm³/mol. The van der Waals surface area contributed by atoms with Crippen molar-refractivity contribution < 1.29 is 9.53 Å². The van der Waals surface area contributed by atoms with Gasteiger partial charge in [0.25, 0.3) is 0 Å². The van der Waals surface area contributed by atoms with Crippen molar-refractivity contribution in [3.63, 3.8) is 0 Å². The van der Waals surface area contributed by atoms with Gasteiger partial charge in [-0.3, -0.25) is 4.79 Å². The molecule has 0 heterocycles. The Labute approximate surface area is 138 Å². The number of ether oxygens (including phenoxy) is 1. The first-order valence-corrected chi connectivity index (χ1v) is 9.10. The highest BCUT2D eigenvalue weighted by molar-refractivity contribution is 5.68. The molecule has 0 aromatic rings. The molecular formula is C20H36O2. The van der Waals surface area contributed by atoms with Crippen LogP contribution in [0.5, 0.6) is 0 Å². The van der Waals surface area contributed by atoms with Crippen molar-refractivity contribution in [1.29, 1.82) is 0 Å². The third-order valence-corrected chi connectivity index (χ3v) is 3.88. The summed E-state index contributed by atoms with van der Waals surface area (Å²) in [5, 5.41) is 0. The van der Waals surface area contributed by atoms with Crippen molar-refractivity contribution >= 4 is 5.97 Å². The van der Waals surface area contributed by atoms with Crippen LogP contribution >= 0.6 is 0 Å². The van der Waals surface area contributed by atoms with Crippen LogP contribution in [0.1, 0.15) is 90.9 Å². The van der Waals surface area contributed by atoms with Crippen molar-refractivity contribution in [1.82, 2.24) is 0 Å². The normalized spacial score (nSPS) is 12.0. The quantitative estimate of drug-likeness (QED) is 0.212. The number of methoxy groups -OCH3 is 1. The zero-order valence-electron chi connectivity index (χ0n) is 15.0. The van der Waals surface area contributed by atoms with Crippen molar-refractivity contribution in [2.24, 2.45) is 0 Å². The minimum absolute atomic E-state index is 0.0935. The molecule has 0 spiro atoms. The minimum atomic E-state index is -0.0935. The van der Waals surface area contributed by atoms with Crippen LogP contribution in [-0.4, -0.2) is 13.1 Å². The first kappa shape index (κ1) is 20.9. The van der Waals surface area contributed by atoms with Gasteiger partial charge in [0.1, 0.15) is 0 Å². The van der Waals surface area contributed by atoms with Gasteiger partial charge in [0, 0.05) is 6.42 Å². The van der Waals surface area contributed by atoms with E-state index < -0.39 is 0 Å². The van der Waals surface area contributed by atoms with E-state index in [4.69, 9.17) is 0 Å². The number of esters is 1. The zero-order valence-corrected chi connectivity index (χ0v) is 15.0. The van der Waals surface area contributed by atoms with Gasteiger partial charge in [-0.2, -0.15) is 0 Å². The number of hydrogen-bond donors (Lipinski definition) is 0. The standard InChI is InChI=1S/C20H36O2/c1-4-5-6-7-8-10-13-16-19(2)17-14-11-9-12-15-18-20(21)22-3/h14,16-17H,4-13,15,18H2,1-3H3/b17-14+,19-16+. The molecule has 0 aliphatic rings. The number of rotatable bonds is 14. The molecule has 0 aromatic carbocycles. The number of hydrogen-bond acceptors (Lipinski definition) is 2. The van der Waals surface area contributed by atoms with Gasteiger partial charge in [-0.25, -0.2) is 0 Å². The fourth-order valence-electron chi connectivity index (χ4n) is 2.40. The maximum atomic E-state index is 10.9. The average Bonchev–Trinajstić information content (AvgIpc) is 2.52. The Morgan fingerprint density at radius 1 is 0.909 bits per heavy atom. The molecule has 22 heavy (non-hydrogen) atoms. The predicted octanol–water partition coefficient (Wildman–Crippen LogP) is 6.36. The van der Waals surface area contributed by atoms with E-state index >= 15 is 0 Å². The van der Waals surface area contributed by atoms with E-state index in [0.717, 1.165) is 25.7 Å². The van der Waals surface area contributed by atoms with Crippen LogP contribution in [0.25, 0.3) is 0 Å². The fraction of sp³-hybridized carbons (Fsp3) is 0.750. The Kier molecular flexibility index (Phi) is 15.5. The van der Waals surface area contributed by atoms with E-state index in [-0.39, 0.29) is 5.97 Å². The van der Waals surface area contributed by atoms with Crippen LogP contribution in [0, 0.1) is 0 Å². The van der Waals surface area contributed by atoms with Crippen molar-refractivity contribution in [2.45, 2.75) is 90.9 Å². The minimum Gasteiger partial charge on any atom is -0.469 e. The Balaban J connectivity index is 3.46. The van der Waals surface area contributed by atoms with Crippen molar-refractivity contribution in [3.8, 4) is 0 Å². The largest absolute Gasteiger partial charge is 0.469 e. The number of unbranched alkanes of at least 4 members (excludes halogenated alkanes) is 9. The highest BCUT2D eigenvalue weighted by Gasteiger charge is 1.98. The molecule has 0 saturated heterocycles. The summed E-state index contributed by atoms with van der Waals surface area (Å²) < 4.78 is 4.62. The van der Waals surface area contributed by atoms with E-state index in [0.29, 0.717) is 6.42 Å². The molecular weight excluding hydrogens is 272 g/mol. The first-order chi connectivity index (χ1) is 10.7. The van der Waals surface area contributed by atoms with E-state index in [1.165, 1.54) is 57.6 Å². The van der Waals surface area contributed by atoms with Crippen molar-refractivity contribution in [2.75, 3.05) is 7.11 Å². The second-order valence-electron chi connectivity index (χ2n) is 6.08. The van der Waals surface area contributed by atoms with Gasteiger partial charge in [-0.1, -0.05) is 69.2 Å². The Hall–Kier alpha value is -1.05. The summed E-state index contributed by atoms with van der Waals surface area (Å²) in [6.07, 6.45) is 21.1. The van der Waals surface area contributed by atoms with Crippen molar-refractivity contribution in [3.05, 3.63) is 23.8 Å². The number of allylic oxidation sites excluding steroid dienone is 4. The highest BCUT2D eigenvalue weighted by Crippen LogP contribution is 2.10. The number of carbonyl (C=O) groups excluding carboxylic acids is 1. The van der Waals surface area contributed by atoms with E-state index in [1.807, 2.05) is 0 Å². The summed E-state index contributed by atoms with van der Waals surface area (Å²) >= 11 is 0. The van der Waals surface area contributed by atoms with Gasteiger partial charge in [-0.05, 0) is 39.0 Å². The summed E-state index contributed by atoms with van der Waals surface area (Å²) in [5.41, 5.74) is 1.38. The van der Waals surface area contributed by atoms with Gasteiger partial charge in [0.2, 0.25) is 0 Å². The fourth-order valence-corrected chi connectivity index (χ4v) is 2.40. The lowest BCUT2D eigenvalue weighted by atomic mass is 10.1. The molecule has 0 amide bonds. The lowest BCUT2D eigenvalue weighted by Crippen LogP contribution is -1.98. The molecule has 2 heteroatoms. The molecule has 128 valence electrons. The van der Waals surface area contributed by atoms with Crippen LogP contribution < -0.4 is 0 Å². The SMILES string of the molecule is CCCCCCCC/C=C(C)/C=C/CCCCCC(=O)OC. The molecule has 0 fully saturated rings. The van der Waals surface area contributed by atoms with Crippen LogP contribution in [0.15, 0.2) is 23.8 Å². The highest BCUT2D eigenvalue weighted by atomic mass is 16.5. The molecule has 0 unspecified atom stereocenters. The van der Waals surface area contributed by atoms with Gasteiger partial charge in [-0.15, -0.1) is 0 Å². The monoisotopic (exact) mass is 308 g/mol. The molecule has 0 aromatic heterocycles. The third kappa shape index (κ3) is 15.3. The summed E-state index contributed by atoms with van der Waals surface area (Å²) in [6.45, 7) is 4.45. The van der Waals surface area contributed by atoms with E-state index in [9.17, 15) is 4.79 Å². The lowest BCUT2D eigenvalue weighted by Gasteiger charge is -1.99. The van der Waals surface area contributed by atoms with Crippen LogP contribution in [-0.2, 0) is 9.53 Å². The molecule has 0 rings (SSSR count). The van der Waals surface area contributed by atoms with Crippen LogP contribution in [0.2, 0.25) is 0 Å². The second-order valence-corrected chi connectivity index (χ2v) is 6.08. The average molecular weight is 309 g/mol. The smallest absolute Gasteiger partial charge is 0.305 e. The molecule has 0 bridgehead atoms. The Bertz CT molecular complexity index is 316. The Morgan fingerprint density at radius 3 is 2.27 bits per heavy atom. The summed E-state index contributed by atoms with van der Waals surface area (Å²) in [7, 11) is 1.45. The van der Waals surface area contributed by atoms with Gasteiger partial charge in [0.05, 0.1) is 7.11 Å².